The number of hydrogen-bond donors (Lipinski definition) is 1. The van der Waals surface area contributed by atoms with E-state index in [4.69, 9.17) is 4.42 Å². The van der Waals surface area contributed by atoms with Crippen LogP contribution in [0.2, 0.25) is 0 Å². The van der Waals surface area contributed by atoms with Crippen molar-refractivity contribution in [1.29, 1.82) is 0 Å². The molecule has 0 unspecified atom stereocenters. The van der Waals surface area contributed by atoms with Crippen molar-refractivity contribution in [2.24, 2.45) is 0 Å². The Bertz CT molecular complexity index is 1120. The van der Waals surface area contributed by atoms with Crippen LogP contribution in [0.4, 0.5) is 5.69 Å². The van der Waals surface area contributed by atoms with Crippen molar-refractivity contribution in [2.75, 3.05) is 5.32 Å². The zero-order valence-corrected chi connectivity index (χ0v) is 17.6. The Kier molecular flexibility index (Phi) is 6.75. The summed E-state index contributed by atoms with van der Waals surface area (Å²) < 4.78 is 5.40. The van der Waals surface area contributed by atoms with Crippen LogP contribution in [0.3, 0.4) is 0 Å². The maximum atomic E-state index is 12.5. The normalized spacial score (nSPS) is 10.1. The van der Waals surface area contributed by atoms with Gasteiger partial charge in [0, 0.05) is 29.2 Å². The molecule has 1 N–H and O–H groups in total. The van der Waals surface area contributed by atoms with Crippen LogP contribution >= 0.6 is 0 Å². The van der Waals surface area contributed by atoms with Crippen molar-refractivity contribution in [2.45, 2.75) is 27.7 Å². The van der Waals surface area contributed by atoms with Crippen molar-refractivity contribution in [3.8, 4) is 22.6 Å². The van der Waals surface area contributed by atoms with E-state index in [0.717, 1.165) is 33.5 Å². The molecule has 5 heteroatoms. The van der Waals surface area contributed by atoms with E-state index < -0.39 is 0 Å². The largest absolute Gasteiger partial charge is 0.445 e. The van der Waals surface area contributed by atoms with E-state index in [2.05, 4.69) is 34.3 Å². The molecule has 2 aromatic carbocycles. The molecule has 4 aromatic rings. The molecule has 2 aromatic heterocycles. The lowest BCUT2D eigenvalue weighted by molar-refractivity contribution is 0.102. The molecule has 2 heterocycles. The fraction of sp³-hybridized carbons (Fsp3) is 0.160. The Balaban J connectivity index is 0.00000124. The minimum atomic E-state index is -0.144. The molecule has 30 heavy (non-hydrogen) atoms. The van der Waals surface area contributed by atoms with Crippen LogP contribution in [0.5, 0.6) is 0 Å². The van der Waals surface area contributed by atoms with Gasteiger partial charge in [0.25, 0.3) is 5.91 Å². The first-order chi connectivity index (χ1) is 14.6. The molecule has 0 aliphatic carbocycles. The molecule has 0 aliphatic rings. The summed E-state index contributed by atoms with van der Waals surface area (Å²) in [5.74, 6) is 0.451. The van der Waals surface area contributed by atoms with Crippen LogP contribution in [-0.4, -0.2) is 15.9 Å². The molecule has 0 aliphatic heterocycles. The van der Waals surface area contributed by atoms with Gasteiger partial charge < -0.3 is 9.73 Å². The lowest BCUT2D eigenvalue weighted by Crippen LogP contribution is -2.13. The first kappa shape index (κ1) is 21.0. The number of pyridine rings is 1. The molecular weight excluding hydrogens is 374 g/mol. The molecule has 4 rings (SSSR count). The SMILES string of the molecule is CC.Cc1cnccc1C(=O)Nc1ccc(-c2cc(-c3ncco3)ccc2C)cc1. The van der Waals surface area contributed by atoms with Gasteiger partial charge in [0.1, 0.15) is 6.26 Å². The smallest absolute Gasteiger partial charge is 0.256 e. The number of carbonyl (C=O) groups is 1. The van der Waals surface area contributed by atoms with Gasteiger partial charge in [0.15, 0.2) is 0 Å². The minimum Gasteiger partial charge on any atom is -0.445 e. The van der Waals surface area contributed by atoms with Gasteiger partial charge in [-0.15, -0.1) is 0 Å². The molecular formula is C25H25N3O2. The molecule has 5 nitrogen and oxygen atoms in total. The Morgan fingerprint density at radius 3 is 2.30 bits per heavy atom. The zero-order chi connectivity index (χ0) is 21.5. The molecule has 0 radical (unpaired) electrons. The van der Waals surface area contributed by atoms with E-state index in [1.54, 1.807) is 30.9 Å². The fourth-order valence-electron chi connectivity index (χ4n) is 3.09. The summed E-state index contributed by atoms with van der Waals surface area (Å²) in [6.07, 6.45) is 6.50. The number of rotatable bonds is 4. The Morgan fingerprint density at radius 2 is 1.63 bits per heavy atom. The van der Waals surface area contributed by atoms with Gasteiger partial charge >= 0.3 is 0 Å². The van der Waals surface area contributed by atoms with Gasteiger partial charge in [-0.2, -0.15) is 0 Å². The van der Waals surface area contributed by atoms with Crippen molar-refractivity contribution < 1.29 is 9.21 Å². The Morgan fingerprint density at radius 1 is 0.900 bits per heavy atom. The number of nitrogens with one attached hydrogen (secondary N) is 1. The highest BCUT2D eigenvalue weighted by atomic mass is 16.3. The Hall–Kier alpha value is -3.73. The maximum Gasteiger partial charge on any atom is 0.256 e. The lowest BCUT2D eigenvalue weighted by Gasteiger charge is -2.10. The van der Waals surface area contributed by atoms with Crippen LogP contribution in [0, 0.1) is 13.8 Å². The van der Waals surface area contributed by atoms with Gasteiger partial charge in [-0.05, 0) is 66.4 Å². The second-order valence-electron chi connectivity index (χ2n) is 6.59. The summed E-state index contributed by atoms with van der Waals surface area (Å²) in [6.45, 7) is 7.94. The minimum absolute atomic E-state index is 0.144. The van der Waals surface area contributed by atoms with E-state index in [0.29, 0.717) is 11.5 Å². The van der Waals surface area contributed by atoms with E-state index in [-0.39, 0.29) is 5.91 Å². The fourth-order valence-corrected chi connectivity index (χ4v) is 3.09. The molecule has 0 bridgehead atoms. The standard InChI is InChI=1S/C23H19N3O2.C2H6/c1-15-3-4-18(23-25-11-12-28-23)13-21(15)17-5-7-19(8-6-17)26-22(27)20-9-10-24-14-16(20)2;1-2/h3-14H,1-2H3,(H,26,27);1-2H3. The number of nitrogens with zero attached hydrogens (tertiary/aromatic N) is 2. The van der Waals surface area contributed by atoms with Gasteiger partial charge in [0.2, 0.25) is 5.89 Å². The molecule has 0 spiro atoms. The second kappa shape index (κ2) is 9.65. The highest BCUT2D eigenvalue weighted by Crippen LogP contribution is 2.29. The predicted octanol–water partition coefficient (Wildman–Crippen LogP) is 6.30. The summed E-state index contributed by atoms with van der Waals surface area (Å²) >= 11 is 0. The zero-order valence-electron chi connectivity index (χ0n) is 17.6. The van der Waals surface area contributed by atoms with Gasteiger partial charge in [0.05, 0.1) is 6.20 Å². The quantitative estimate of drug-likeness (QED) is 0.437. The van der Waals surface area contributed by atoms with Crippen molar-refractivity contribution in [3.05, 3.63) is 90.1 Å². The van der Waals surface area contributed by atoms with E-state index >= 15 is 0 Å². The third-order valence-corrected chi connectivity index (χ3v) is 4.64. The number of anilines is 1. The second-order valence-corrected chi connectivity index (χ2v) is 6.59. The molecule has 0 saturated carbocycles. The molecule has 0 saturated heterocycles. The van der Waals surface area contributed by atoms with E-state index in [1.807, 2.05) is 51.1 Å². The summed E-state index contributed by atoms with van der Waals surface area (Å²) in [6, 6.07) is 15.6. The Labute approximate surface area is 176 Å². The highest BCUT2D eigenvalue weighted by Gasteiger charge is 2.10. The average Bonchev–Trinajstić information content (AvgIpc) is 3.31. The van der Waals surface area contributed by atoms with E-state index in [1.165, 1.54) is 0 Å². The summed E-state index contributed by atoms with van der Waals surface area (Å²) in [5.41, 5.74) is 6.44. The third kappa shape index (κ3) is 4.63. The van der Waals surface area contributed by atoms with Gasteiger partial charge in [-0.3, -0.25) is 9.78 Å². The number of benzene rings is 2. The van der Waals surface area contributed by atoms with Gasteiger partial charge in [-0.25, -0.2) is 4.98 Å². The number of hydrogen-bond acceptors (Lipinski definition) is 4. The van der Waals surface area contributed by atoms with Crippen molar-refractivity contribution in [3.63, 3.8) is 0 Å². The van der Waals surface area contributed by atoms with Crippen LogP contribution in [-0.2, 0) is 0 Å². The predicted molar refractivity (Wildman–Crippen MR) is 120 cm³/mol. The first-order valence-electron chi connectivity index (χ1n) is 9.95. The number of aromatic nitrogens is 2. The maximum absolute atomic E-state index is 12.5. The average molecular weight is 399 g/mol. The molecule has 1 amide bonds. The first-order valence-corrected chi connectivity index (χ1v) is 9.95. The third-order valence-electron chi connectivity index (χ3n) is 4.64. The molecule has 0 atom stereocenters. The lowest BCUT2D eigenvalue weighted by atomic mass is 9.98. The molecule has 152 valence electrons. The van der Waals surface area contributed by atoms with Crippen LogP contribution in [0.15, 0.2) is 77.8 Å². The topological polar surface area (TPSA) is 68.0 Å². The summed E-state index contributed by atoms with van der Waals surface area (Å²) in [5, 5.41) is 2.93. The number of aryl methyl sites for hydroxylation is 2. The monoisotopic (exact) mass is 399 g/mol. The number of oxazole rings is 1. The number of amides is 1. The van der Waals surface area contributed by atoms with Crippen molar-refractivity contribution in [1.82, 2.24) is 9.97 Å². The van der Waals surface area contributed by atoms with Gasteiger partial charge in [-0.1, -0.05) is 32.0 Å². The van der Waals surface area contributed by atoms with Crippen molar-refractivity contribution >= 4 is 11.6 Å². The summed E-state index contributed by atoms with van der Waals surface area (Å²) in [7, 11) is 0. The summed E-state index contributed by atoms with van der Waals surface area (Å²) in [4.78, 5) is 20.7. The van der Waals surface area contributed by atoms with Crippen LogP contribution in [0.25, 0.3) is 22.6 Å². The molecule has 0 fully saturated rings. The highest BCUT2D eigenvalue weighted by molar-refractivity contribution is 6.05. The van der Waals surface area contributed by atoms with Crippen LogP contribution < -0.4 is 5.32 Å². The van der Waals surface area contributed by atoms with Crippen LogP contribution in [0.1, 0.15) is 35.3 Å². The van der Waals surface area contributed by atoms with E-state index in [9.17, 15) is 4.79 Å². The number of carbonyl (C=O) groups excluding carboxylic acids is 1.